The number of sulfonamides is 1. The lowest BCUT2D eigenvalue weighted by molar-refractivity contribution is -0.137. The Morgan fingerprint density at radius 1 is 1.35 bits per heavy atom. The lowest BCUT2D eigenvalue weighted by Crippen LogP contribution is -2.45. The molecule has 0 unspecified atom stereocenters. The third kappa shape index (κ3) is 4.69. The minimum Gasteiger partial charge on any atom is -0.480 e. The second-order valence-corrected chi connectivity index (χ2v) is 9.13. The van der Waals surface area contributed by atoms with E-state index in [1.165, 1.54) is 7.11 Å². The molecule has 8 nitrogen and oxygen atoms in total. The number of carboxylic acid groups (broad SMARTS) is 1. The van der Waals surface area contributed by atoms with Gasteiger partial charge < -0.3 is 9.84 Å². The minimum atomic E-state index is -3.83. The van der Waals surface area contributed by atoms with E-state index in [1.807, 2.05) is 0 Å². The van der Waals surface area contributed by atoms with Gasteiger partial charge in [0.15, 0.2) is 0 Å². The monoisotopic (exact) mass is 329 g/mol. The molecule has 0 bridgehead atoms. The summed E-state index contributed by atoms with van der Waals surface area (Å²) in [7, 11) is -5.61. The molecule has 0 aromatic heterocycles. The Kier molecular flexibility index (Phi) is 5.92. The first-order chi connectivity index (χ1) is 9.19. The highest BCUT2D eigenvalue weighted by Gasteiger charge is 2.37. The molecule has 118 valence electrons. The van der Waals surface area contributed by atoms with Gasteiger partial charge in [0.25, 0.3) is 0 Å². The summed E-state index contributed by atoms with van der Waals surface area (Å²) < 4.78 is 53.0. The molecular formula is C10H19NO7S2. The van der Waals surface area contributed by atoms with Crippen molar-refractivity contribution >= 4 is 25.8 Å². The Morgan fingerprint density at radius 2 is 1.90 bits per heavy atom. The van der Waals surface area contributed by atoms with Crippen molar-refractivity contribution in [1.82, 2.24) is 4.31 Å². The molecule has 0 amide bonds. The maximum atomic E-state index is 12.4. The molecule has 1 N–H and O–H groups in total. The van der Waals surface area contributed by atoms with Crippen LogP contribution in [0.25, 0.3) is 0 Å². The summed E-state index contributed by atoms with van der Waals surface area (Å²) in [5, 5.41) is 7.94. The highest BCUT2D eigenvalue weighted by atomic mass is 32.2. The van der Waals surface area contributed by atoms with E-state index in [1.54, 1.807) is 0 Å². The van der Waals surface area contributed by atoms with E-state index >= 15 is 0 Å². The van der Waals surface area contributed by atoms with Gasteiger partial charge in [-0.3, -0.25) is 4.79 Å². The summed E-state index contributed by atoms with van der Waals surface area (Å²) in [6, 6.07) is 0. The predicted molar refractivity (Wildman–Crippen MR) is 71.7 cm³/mol. The van der Waals surface area contributed by atoms with Crippen molar-refractivity contribution in [3.05, 3.63) is 0 Å². The van der Waals surface area contributed by atoms with Crippen molar-refractivity contribution < 1.29 is 31.5 Å². The van der Waals surface area contributed by atoms with Crippen LogP contribution in [0.5, 0.6) is 0 Å². The average Bonchev–Trinajstić information content (AvgIpc) is 2.33. The summed E-state index contributed by atoms with van der Waals surface area (Å²) in [4.78, 5) is 10.8. The van der Waals surface area contributed by atoms with Gasteiger partial charge >= 0.3 is 5.97 Å². The predicted octanol–water partition coefficient (Wildman–Crippen LogP) is -1.07. The van der Waals surface area contributed by atoms with Crippen LogP contribution in [0.2, 0.25) is 0 Å². The molecule has 0 aromatic carbocycles. The Bertz CT molecular complexity index is 526. The standard InChI is InChI=1S/C10H19NO7S2/c1-18-5-4-11(8-10(12)13)20(16,17)9-2-6-19(14,15)7-3-9/h9H,2-8H2,1H3,(H,12,13). The van der Waals surface area contributed by atoms with Crippen LogP contribution in [-0.4, -0.2) is 75.8 Å². The normalized spacial score (nSPS) is 20.1. The third-order valence-electron chi connectivity index (χ3n) is 3.14. The van der Waals surface area contributed by atoms with Crippen molar-refractivity contribution in [2.45, 2.75) is 18.1 Å². The molecule has 0 spiro atoms. The van der Waals surface area contributed by atoms with Gasteiger partial charge in [-0.1, -0.05) is 0 Å². The van der Waals surface area contributed by atoms with Crippen molar-refractivity contribution in [1.29, 1.82) is 0 Å². The highest BCUT2D eigenvalue weighted by molar-refractivity contribution is 7.92. The van der Waals surface area contributed by atoms with Gasteiger partial charge in [0.2, 0.25) is 10.0 Å². The van der Waals surface area contributed by atoms with Gasteiger partial charge in [0.1, 0.15) is 16.4 Å². The molecule has 0 saturated carbocycles. The van der Waals surface area contributed by atoms with Crippen molar-refractivity contribution in [2.24, 2.45) is 0 Å². The zero-order valence-corrected chi connectivity index (χ0v) is 12.8. The van der Waals surface area contributed by atoms with Gasteiger partial charge in [0, 0.05) is 13.7 Å². The van der Waals surface area contributed by atoms with Crippen LogP contribution in [0.3, 0.4) is 0 Å². The lowest BCUT2D eigenvalue weighted by Gasteiger charge is -2.28. The molecule has 1 saturated heterocycles. The zero-order valence-electron chi connectivity index (χ0n) is 11.2. The van der Waals surface area contributed by atoms with Gasteiger partial charge in [-0.2, -0.15) is 4.31 Å². The van der Waals surface area contributed by atoms with E-state index < -0.39 is 37.6 Å². The maximum absolute atomic E-state index is 12.4. The first kappa shape index (κ1) is 17.3. The SMILES string of the molecule is COCCN(CC(=O)O)S(=O)(=O)C1CCS(=O)(=O)CC1. The molecule has 1 heterocycles. The number of carboxylic acids is 1. The highest BCUT2D eigenvalue weighted by Crippen LogP contribution is 2.22. The van der Waals surface area contributed by atoms with Crippen LogP contribution < -0.4 is 0 Å². The lowest BCUT2D eigenvalue weighted by atomic mass is 10.2. The summed E-state index contributed by atoms with van der Waals surface area (Å²) in [5.41, 5.74) is 0. The number of hydrogen-bond donors (Lipinski definition) is 1. The smallest absolute Gasteiger partial charge is 0.318 e. The van der Waals surface area contributed by atoms with Crippen LogP contribution in [0.1, 0.15) is 12.8 Å². The number of nitrogens with zero attached hydrogens (tertiary/aromatic N) is 1. The molecule has 1 aliphatic rings. The fraction of sp³-hybridized carbons (Fsp3) is 0.900. The maximum Gasteiger partial charge on any atom is 0.318 e. The molecule has 0 radical (unpaired) electrons. The zero-order chi connectivity index (χ0) is 15.4. The summed E-state index contributed by atoms with van der Waals surface area (Å²) >= 11 is 0. The molecular weight excluding hydrogens is 310 g/mol. The number of rotatable bonds is 7. The summed E-state index contributed by atoms with van der Waals surface area (Å²) in [5.74, 6) is -1.61. The fourth-order valence-corrected chi connectivity index (χ4v) is 5.68. The van der Waals surface area contributed by atoms with Crippen molar-refractivity contribution in [3.63, 3.8) is 0 Å². The summed E-state index contributed by atoms with van der Waals surface area (Å²) in [6.45, 7) is -0.624. The molecule has 1 fully saturated rings. The van der Waals surface area contributed by atoms with Gasteiger partial charge in [-0.25, -0.2) is 16.8 Å². The van der Waals surface area contributed by atoms with E-state index in [-0.39, 0.29) is 37.5 Å². The van der Waals surface area contributed by atoms with Gasteiger partial charge in [0.05, 0.1) is 23.4 Å². The van der Waals surface area contributed by atoms with E-state index in [2.05, 4.69) is 0 Å². The van der Waals surface area contributed by atoms with Crippen molar-refractivity contribution in [2.75, 3.05) is 38.3 Å². The molecule has 10 heteroatoms. The van der Waals surface area contributed by atoms with Crippen LogP contribution in [0.4, 0.5) is 0 Å². The van der Waals surface area contributed by atoms with Gasteiger partial charge in [-0.15, -0.1) is 0 Å². The fourth-order valence-electron chi connectivity index (χ4n) is 2.02. The Labute approximate surface area is 118 Å². The molecule has 0 atom stereocenters. The van der Waals surface area contributed by atoms with Gasteiger partial charge in [-0.05, 0) is 12.8 Å². The number of aliphatic carboxylic acids is 1. The number of methoxy groups -OCH3 is 1. The van der Waals surface area contributed by atoms with Crippen LogP contribution in [-0.2, 0) is 29.4 Å². The average molecular weight is 329 g/mol. The van der Waals surface area contributed by atoms with Crippen LogP contribution in [0.15, 0.2) is 0 Å². The Morgan fingerprint density at radius 3 is 2.35 bits per heavy atom. The van der Waals surface area contributed by atoms with E-state index in [0.717, 1.165) is 4.31 Å². The second-order valence-electron chi connectivity index (χ2n) is 4.62. The largest absolute Gasteiger partial charge is 0.480 e. The number of hydrogen-bond acceptors (Lipinski definition) is 6. The van der Waals surface area contributed by atoms with E-state index in [9.17, 15) is 21.6 Å². The van der Waals surface area contributed by atoms with E-state index in [4.69, 9.17) is 9.84 Å². The molecule has 1 aliphatic heterocycles. The topological polar surface area (TPSA) is 118 Å². The van der Waals surface area contributed by atoms with Crippen LogP contribution in [0, 0.1) is 0 Å². The molecule has 0 aromatic rings. The third-order valence-corrected chi connectivity index (χ3v) is 7.20. The molecule has 0 aliphatic carbocycles. The summed E-state index contributed by atoms with van der Waals surface area (Å²) in [6.07, 6.45) is 0.0154. The van der Waals surface area contributed by atoms with E-state index in [0.29, 0.717) is 0 Å². The first-order valence-corrected chi connectivity index (χ1v) is 9.41. The Hall–Kier alpha value is -0.710. The number of ether oxygens (including phenoxy) is 1. The minimum absolute atomic E-state index is 0.00771. The molecule has 1 rings (SSSR count). The van der Waals surface area contributed by atoms with Crippen LogP contribution >= 0.6 is 0 Å². The second kappa shape index (κ2) is 6.83. The first-order valence-electron chi connectivity index (χ1n) is 6.09. The van der Waals surface area contributed by atoms with Crippen molar-refractivity contribution in [3.8, 4) is 0 Å². The number of sulfone groups is 1. The number of carbonyl (C=O) groups is 1. The molecule has 20 heavy (non-hydrogen) atoms. The quantitative estimate of drug-likeness (QED) is 0.631. The Balaban J connectivity index is 2.84.